The van der Waals surface area contributed by atoms with E-state index in [2.05, 4.69) is 43.3 Å². The van der Waals surface area contributed by atoms with E-state index in [9.17, 15) is 0 Å². The van der Waals surface area contributed by atoms with Gasteiger partial charge in [0.25, 0.3) is 0 Å². The molecule has 1 heterocycles. The van der Waals surface area contributed by atoms with Crippen LogP contribution in [0.1, 0.15) is 30.4 Å². The average molecular weight is 286 g/mol. The summed E-state index contributed by atoms with van der Waals surface area (Å²) in [7, 11) is 0. The van der Waals surface area contributed by atoms with Gasteiger partial charge in [0.05, 0.1) is 6.54 Å². The molecule has 21 heavy (non-hydrogen) atoms. The molecule has 1 aliphatic carbocycles. The molecule has 1 aromatic rings. The fourth-order valence-corrected chi connectivity index (χ4v) is 3.78. The van der Waals surface area contributed by atoms with Crippen LogP contribution in [-0.4, -0.2) is 32.7 Å². The van der Waals surface area contributed by atoms with Crippen molar-refractivity contribution in [3.05, 3.63) is 47.5 Å². The Bertz CT molecular complexity index is 455. The van der Waals surface area contributed by atoms with Crippen molar-refractivity contribution in [2.75, 3.05) is 32.7 Å². The molecule has 0 unspecified atom stereocenters. The minimum Gasteiger partial charge on any atom is -0.325 e. The third kappa shape index (κ3) is 4.42. The fourth-order valence-electron chi connectivity index (χ4n) is 3.78. The smallest absolute Gasteiger partial charge is 0.127 e. The van der Waals surface area contributed by atoms with Gasteiger partial charge in [0.1, 0.15) is 32.7 Å². The second-order valence-corrected chi connectivity index (χ2v) is 7.02. The minimum atomic E-state index is 0.948. The van der Waals surface area contributed by atoms with Gasteiger partial charge in [0.15, 0.2) is 0 Å². The molecule has 1 aromatic carbocycles. The van der Waals surface area contributed by atoms with E-state index in [-0.39, 0.29) is 0 Å². The fraction of sp³-hybridized carbons (Fsp3) is 0.579. The third-order valence-corrected chi connectivity index (χ3v) is 5.19. The van der Waals surface area contributed by atoms with Gasteiger partial charge >= 0.3 is 0 Å². The highest BCUT2D eigenvalue weighted by Crippen LogP contribution is 2.15. The van der Waals surface area contributed by atoms with Crippen LogP contribution in [0.3, 0.4) is 0 Å². The van der Waals surface area contributed by atoms with E-state index >= 15 is 0 Å². The largest absolute Gasteiger partial charge is 0.325 e. The number of hydrogen-bond donors (Lipinski definition) is 2. The molecule has 114 valence electrons. The van der Waals surface area contributed by atoms with Crippen molar-refractivity contribution in [2.24, 2.45) is 5.92 Å². The Morgan fingerprint density at radius 1 is 0.952 bits per heavy atom. The van der Waals surface area contributed by atoms with E-state index < -0.39 is 0 Å². The quantitative estimate of drug-likeness (QED) is 0.752. The number of rotatable bonds is 4. The topological polar surface area (TPSA) is 8.88 Å². The highest BCUT2D eigenvalue weighted by Gasteiger charge is 2.25. The van der Waals surface area contributed by atoms with E-state index in [1.807, 2.05) is 4.90 Å². The van der Waals surface area contributed by atoms with Gasteiger partial charge in [-0.15, -0.1) is 0 Å². The molecule has 1 atom stereocenters. The van der Waals surface area contributed by atoms with Crippen molar-refractivity contribution in [3.8, 4) is 0 Å². The summed E-state index contributed by atoms with van der Waals surface area (Å²) in [6.07, 6.45) is 8.80. The average Bonchev–Trinajstić information content (AvgIpc) is 2.53. The molecular weight excluding hydrogens is 256 g/mol. The molecule has 0 aromatic heterocycles. The van der Waals surface area contributed by atoms with Gasteiger partial charge in [-0.2, -0.15) is 0 Å². The van der Waals surface area contributed by atoms with E-state index in [1.165, 1.54) is 69.7 Å². The molecule has 1 fully saturated rings. The van der Waals surface area contributed by atoms with Crippen LogP contribution in [0.25, 0.3) is 0 Å². The molecule has 0 saturated carbocycles. The number of aryl methyl sites for hydroxylation is 1. The minimum absolute atomic E-state index is 0.948. The van der Waals surface area contributed by atoms with Crippen molar-refractivity contribution in [1.29, 1.82) is 0 Å². The van der Waals surface area contributed by atoms with Crippen LogP contribution in [0.2, 0.25) is 0 Å². The van der Waals surface area contributed by atoms with Crippen molar-refractivity contribution in [2.45, 2.75) is 32.7 Å². The summed E-state index contributed by atoms with van der Waals surface area (Å²) in [6.45, 7) is 10.2. The standard InChI is InChI=1S/C19H28N2/c1-17-7-9-19(10-8-17)16-21-13-11-20(12-14-21)15-18-5-3-2-4-6-18/h2-3,7-10,18H,4-6,11-16H2,1H3/p+2/t18-/m1/s1. The molecule has 2 aliphatic rings. The summed E-state index contributed by atoms with van der Waals surface area (Å²) in [5.74, 6) is 0.948. The number of hydrogen-bond acceptors (Lipinski definition) is 0. The predicted octanol–water partition coefficient (Wildman–Crippen LogP) is 0.635. The second kappa shape index (κ2) is 7.24. The normalized spacial score (nSPS) is 29.5. The lowest BCUT2D eigenvalue weighted by Gasteiger charge is -2.32. The Morgan fingerprint density at radius 3 is 2.33 bits per heavy atom. The molecular formula is C19H30N2+2. The number of nitrogens with one attached hydrogen (secondary N) is 2. The number of quaternary nitrogens is 2. The number of allylic oxidation sites excluding steroid dienone is 2. The van der Waals surface area contributed by atoms with Gasteiger partial charge in [-0.3, -0.25) is 0 Å². The molecule has 1 aliphatic heterocycles. The first-order valence-corrected chi connectivity index (χ1v) is 8.67. The van der Waals surface area contributed by atoms with Gasteiger partial charge in [-0.1, -0.05) is 42.0 Å². The lowest BCUT2D eigenvalue weighted by molar-refractivity contribution is -1.02. The summed E-state index contributed by atoms with van der Waals surface area (Å²) < 4.78 is 0. The first kappa shape index (κ1) is 14.8. The van der Waals surface area contributed by atoms with Crippen LogP contribution in [0.15, 0.2) is 36.4 Å². The van der Waals surface area contributed by atoms with Gasteiger partial charge in [-0.25, -0.2) is 0 Å². The first-order chi connectivity index (χ1) is 10.3. The zero-order valence-corrected chi connectivity index (χ0v) is 13.4. The van der Waals surface area contributed by atoms with Crippen molar-refractivity contribution >= 4 is 0 Å². The Hall–Kier alpha value is -1.12. The van der Waals surface area contributed by atoms with Crippen molar-refractivity contribution < 1.29 is 9.80 Å². The highest BCUT2D eigenvalue weighted by molar-refractivity contribution is 5.20. The van der Waals surface area contributed by atoms with Gasteiger partial charge in [0, 0.05) is 11.5 Å². The first-order valence-electron chi connectivity index (χ1n) is 8.67. The highest BCUT2D eigenvalue weighted by atomic mass is 15.3. The zero-order chi connectivity index (χ0) is 14.5. The lowest BCUT2D eigenvalue weighted by atomic mass is 9.94. The molecule has 2 nitrogen and oxygen atoms in total. The van der Waals surface area contributed by atoms with Gasteiger partial charge in [-0.05, 0) is 26.2 Å². The Kier molecular flexibility index (Phi) is 5.10. The number of benzene rings is 1. The van der Waals surface area contributed by atoms with Crippen LogP contribution < -0.4 is 9.80 Å². The third-order valence-electron chi connectivity index (χ3n) is 5.19. The van der Waals surface area contributed by atoms with Crippen molar-refractivity contribution in [3.63, 3.8) is 0 Å². The van der Waals surface area contributed by atoms with Crippen LogP contribution in [0, 0.1) is 12.8 Å². The summed E-state index contributed by atoms with van der Waals surface area (Å²) in [6, 6.07) is 9.09. The van der Waals surface area contributed by atoms with Gasteiger partial charge in [0.2, 0.25) is 0 Å². The summed E-state index contributed by atoms with van der Waals surface area (Å²) >= 11 is 0. The molecule has 0 bridgehead atoms. The number of piperazine rings is 1. The Morgan fingerprint density at radius 2 is 1.67 bits per heavy atom. The van der Waals surface area contributed by atoms with Crippen LogP contribution in [0.5, 0.6) is 0 Å². The van der Waals surface area contributed by atoms with Crippen molar-refractivity contribution in [1.82, 2.24) is 0 Å². The van der Waals surface area contributed by atoms with E-state index in [0.717, 1.165) is 5.92 Å². The maximum absolute atomic E-state index is 2.40. The molecule has 0 spiro atoms. The summed E-state index contributed by atoms with van der Waals surface area (Å²) in [5, 5.41) is 0. The van der Waals surface area contributed by atoms with Crippen LogP contribution in [-0.2, 0) is 6.54 Å². The maximum Gasteiger partial charge on any atom is 0.127 e. The Balaban J connectivity index is 1.42. The molecule has 0 amide bonds. The van der Waals surface area contributed by atoms with E-state index in [4.69, 9.17) is 0 Å². The summed E-state index contributed by atoms with van der Waals surface area (Å²) in [5.41, 5.74) is 2.86. The molecule has 0 radical (unpaired) electrons. The second-order valence-electron chi connectivity index (χ2n) is 7.02. The SMILES string of the molecule is Cc1ccc(C[NH+]2CC[NH+](C[C@@H]3CC=CCC3)CC2)cc1. The lowest BCUT2D eigenvalue weighted by Crippen LogP contribution is -3.27. The van der Waals surface area contributed by atoms with E-state index in [1.54, 1.807) is 4.90 Å². The molecule has 1 saturated heterocycles. The van der Waals surface area contributed by atoms with Crippen LogP contribution >= 0.6 is 0 Å². The zero-order valence-electron chi connectivity index (χ0n) is 13.4. The molecule has 2 N–H and O–H groups in total. The molecule has 3 rings (SSSR count). The predicted molar refractivity (Wildman–Crippen MR) is 87.6 cm³/mol. The molecule has 2 heteroatoms. The van der Waals surface area contributed by atoms with Gasteiger partial charge < -0.3 is 9.80 Å². The Labute approximate surface area is 129 Å². The maximum atomic E-state index is 2.40. The summed E-state index contributed by atoms with van der Waals surface area (Å²) in [4.78, 5) is 3.62. The monoisotopic (exact) mass is 286 g/mol. The van der Waals surface area contributed by atoms with Crippen LogP contribution in [0.4, 0.5) is 0 Å². The van der Waals surface area contributed by atoms with E-state index in [0.29, 0.717) is 0 Å².